The third-order valence-electron chi connectivity index (χ3n) is 2.46. The van der Waals surface area contributed by atoms with Gasteiger partial charge in [-0.3, -0.25) is 0 Å². The monoisotopic (exact) mass is 328 g/mol. The number of aromatic nitrogens is 1. The van der Waals surface area contributed by atoms with E-state index in [2.05, 4.69) is 20.9 Å². The van der Waals surface area contributed by atoms with E-state index >= 15 is 0 Å². The first-order valence-electron chi connectivity index (χ1n) is 5.51. The molecule has 0 spiro atoms. The number of nitrogens with two attached hydrogens (primary N) is 1. The molecule has 0 aliphatic carbocycles. The molecule has 0 radical (unpaired) electrons. The highest BCUT2D eigenvalue weighted by molar-refractivity contribution is 9.10. The van der Waals surface area contributed by atoms with Crippen LogP contribution in [0.2, 0.25) is 0 Å². The third-order valence-corrected chi connectivity index (χ3v) is 2.92. The highest BCUT2D eigenvalue weighted by Crippen LogP contribution is 2.28. The Labute approximate surface area is 117 Å². The van der Waals surface area contributed by atoms with Crippen LogP contribution >= 0.6 is 15.9 Å². The molecule has 2 aromatic rings. The fourth-order valence-corrected chi connectivity index (χ4v) is 1.85. The number of hydrogen-bond donors (Lipinski definition) is 1. The van der Waals surface area contributed by atoms with E-state index in [1.807, 2.05) is 6.92 Å². The van der Waals surface area contributed by atoms with Gasteiger partial charge in [0.15, 0.2) is 11.6 Å². The first-order chi connectivity index (χ1) is 8.97. The van der Waals surface area contributed by atoms with E-state index in [9.17, 15) is 8.78 Å². The third kappa shape index (κ3) is 3.27. The van der Waals surface area contributed by atoms with Crippen LogP contribution in [0, 0.1) is 11.6 Å². The number of rotatable bonds is 3. The molecule has 2 rings (SSSR count). The van der Waals surface area contributed by atoms with E-state index in [0.717, 1.165) is 11.6 Å². The molecule has 3 nitrogen and oxygen atoms in total. The average Bonchev–Trinajstić information content (AvgIpc) is 2.36. The first kappa shape index (κ1) is 13.9. The topological polar surface area (TPSA) is 48.1 Å². The van der Waals surface area contributed by atoms with Gasteiger partial charge in [-0.25, -0.2) is 9.37 Å². The predicted octanol–water partition coefficient (Wildman–Crippen LogP) is 3.93. The molecule has 0 aliphatic rings. The molecule has 0 aliphatic heterocycles. The molecule has 19 heavy (non-hydrogen) atoms. The number of pyridine rings is 1. The molecule has 1 aromatic heterocycles. The minimum absolute atomic E-state index is 0.151. The molecular formula is C13H11BrF2N2O. The SMILES string of the molecule is CC(N)c1ccc(Oc2cc(Br)cc(F)c2F)nc1. The molecule has 0 fully saturated rings. The van der Waals surface area contributed by atoms with Crippen molar-refractivity contribution < 1.29 is 13.5 Å². The molecule has 0 amide bonds. The Hall–Kier alpha value is -1.53. The maximum atomic E-state index is 13.5. The summed E-state index contributed by atoms with van der Waals surface area (Å²) in [6.45, 7) is 1.82. The fraction of sp³-hybridized carbons (Fsp3) is 0.154. The summed E-state index contributed by atoms with van der Waals surface area (Å²) in [6, 6.07) is 5.48. The molecule has 2 N–H and O–H groups in total. The van der Waals surface area contributed by atoms with Gasteiger partial charge in [-0.1, -0.05) is 22.0 Å². The lowest BCUT2D eigenvalue weighted by atomic mass is 10.2. The van der Waals surface area contributed by atoms with Crippen molar-refractivity contribution in [3.05, 3.63) is 52.1 Å². The van der Waals surface area contributed by atoms with E-state index in [4.69, 9.17) is 10.5 Å². The van der Waals surface area contributed by atoms with Crippen LogP contribution in [0.25, 0.3) is 0 Å². The van der Waals surface area contributed by atoms with Gasteiger partial charge in [-0.05, 0) is 24.6 Å². The highest BCUT2D eigenvalue weighted by atomic mass is 79.9. The molecule has 0 bridgehead atoms. The summed E-state index contributed by atoms with van der Waals surface area (Å²) >= 11 is 3.07. The Morgan fingerprint density at radius 1 is 1.32 bits per heavy atom. The van der Waals surface area contributed by atoms with Gasteiger partial charge in [0.2, 0.25) is 11.7 Å². The van der Waals surface area contributed by atoms with Gasteiger partial charge in [0.25, 0.3) is 0 Å². The average molecular weight is 329 g/mol. The van der Waals surface area contributed by atoms with Crippen LogP contribution in [-0.4, -0.2) is 4.98 Å². The maximum absolute atomic E-state index is 13.5. The smallest absolute Gasteiger partial charge is 0.219 e. The standard InChI is InChI=1S/C13H11BrF2N2O/c1-7(17)8-2-3-12(18-6-8)19-11-5-9(14)4-10(15)13(11)16/h2-7H,17H2,1H3. The number of ether oxygens (including phenoxy) is 1. The number of nitrogens with zero attached hydrogens (tertiary/aromatic N) is 1. The lowest BCUT2D eigenvalue weighted by Crippen LogP contribution is -2.05. The van der Waals surface area contributed by atoms with E-state index in [0.29, 0.717) is 4.47 Å². The Morgan fingerprint density at radius 2 is 2.05 bits per heavy atom. The largest absolute Gasteiger partial charge is 0.436 e. The van der Waals surface area contributed by atoms with E-state index in [1.54, 1.807) is 12.1 Å². The van der Waals surface area contributed by atoms with Crippen LogP contribution in [0.4, 0.5) is 8.78 Å². The Bertz CT molecular complexity index is 588. The Kier molecular flexibility index (Phi) is 4.11. The summed E-state index contributed by atoms with van der Waals surface area (Å²) in [7, 11) is 0. The summed E-state index contributed by atoms with van der Waals surface area (Å²) < 4.78 is 32.3. The zero-order chi connectivity index (χ0) is 14.0. The van der Waals surface area contributed by atoms with E-state index in [-0.39, 0.29) is 17.7 Å². The van der Waals surface area contributed by atoms with Gasteiger partial charge in [0.1, 0.15) is 0 Å². The molecule has 100 valence electrons. The normalized spacial score (nSPS) is 12.3. The van der Waals surface area contributed by atoms with Gasteiger partial charge in [0.05, 0.1) is 0 Å². The quantitative estimate of drug-likeness (QED) is 0.868. The van der Waals surface area contributed by atoms with Crippen LogP contribution in [-0.2, 0) is 0 Å². The van der Waals surface area contributed by atoms with Crippen molar-refractivity contribution in [2.45, 2.75) is 13.0 Å². The molecule has 0 saturated carbocycles. The van der Waals surface area contributed by atoms with Gasteiger partial charge in [0, 0.05) is 22.8 Å². The van der Waals surface area contributed by atoms with E-state index in [1.165, 1.54) is 12.3 Å². The van der Waals surface area contributed by atoms with Gasteiger partial charge in [-0.15, -0.1) is 0 Å². The molecule has 1 aromatic carbocycles. The minimum atomic E-state index is -1.05. The summed E-state index contributed by atoms with van der Waals surface area (Å²) in [4.78, 5) is 3.99. The summed E-state index contributed by atoms with van der Waals surface area (Å²) in [6.07, 6.45) is 1.53. The lowest BCUT2D eigenvalue weighted by Gasteiger charge is -2.09. The number of hydrogen-bond acceptors (Lipinski definition) is 3. The second-order valence-electron chi connectivity index (χ2n) is 4.02. The van der Waals surface area contributed by atoms with Crippen molar-refractivity contribution in [2.75, 3.05) is 0 Å². The lowest BCUT2D eigenvalue weighted by molar-refractivity contribution is 0.404. The molecule has 6 heteroatoms. The zero-order valence-corrected chi connectivity index (χ0v) is 11.6. The predicted molar refractivity (Wildman–Crippen MR) is 71.0 cm³/mol. The Morgan fingerprint density at radius 3 is 2.63 bits per heavy atom. The van der Waals surface area contributed by atoms with Crippen LogP contribution in [0.3, 0.4) is 0 Å². The summed E-state index contributed by atoms with van der Waals surface area (Å²) in [5.41, 5.74) is 6.51. The number of halogens is 3. The maximum Gasteiger partial charge on any atom is 0.219 e. The molecule has 1 atom stereocenters. The van der Waals surface area contributed by atoms with Crippen molar-refractivity contribution in [3.8, 4) is 11.6 Å². The molecule has 1 heterocycles. The van der Waals surface area contributed by atoms with Crippen LogP contribution in [0.1, 0.15) is 18.5 Å². The van der Waals surface area contributed by atoms with Gasteiger partial charge >= 0.3 is 0 Å². The van der Waals surface area contributed by atoms with Crippen LogP contribution in [0.5, 0.6) is 11.6 Å². The second-order valence-corrected chi connectivity index (χ2v) is 4.94. The second kappa shape index (κ2) is 5.63. The van der Waals surface area contributed by atoms with Crippen molar-refractivity contribution in [3.63, 3.8) is 0 Å². The van der Waals surface area contributed by atoms with Crippen molar-refractivity contribution in [2.24, 2.45) is 5.73 Å². The molecular weight excluding hydrogens is 318 g/mol. The number of benzene rings is 1. The zero-order valence-electron chi connectivity index (χ0n) is 10.0. The fourth-order valence-electron chi connectivity index (χ4n) is 1.44. The van der Waals surface area contributed by atoms with Crippen molar-refractivity contribution in [1.29, 1.82) is 0 Å². The van der Waals surface area contributed by atoms with Crippen LogP contribution < -0.4 is 10.5 Å². The van der Waals surface area contributed by atoms with Crippen LogP contribution in [0.15, 0.2) is 34.9 Å². The Balaban J connectivity index is 2.26. The first-order valence-corrected chi connectivity index (χ1v) is 6.30. The molecule has 0 saturated heterocycles. The minimum Gasteiger partial charge on any atom is -0.436 e. The molecule has 1 unspecified atom stereocenters. The van der Waals surface area contributed by atoms with Crippen molar-refractivity contribution >= 4 is 15.9 Å². The summed E-state index contributed by atoms with van der Waals surface area (Å²) in [5.74, 6) is -2.11. The van der Waals surface area contributed by atoms with Gasteiger partial charge < -0.3 is 10.5 Å². The van der Waals surface area contributed by atoms with Crippen molar-refractivity contribution in [1.82, 2.24) is 4.98 Å². The summed E-state index contributed by atoms with van der Waals surface area (Å²) in [5, 5.41) is 0. The van der Waals surface area contributed by atoms with E-state index < -0.39 is 11.6 Å². The van der Waals surface area contributed by atoms with Gasteiger partial charge in [-0.2, -0.15) is 4.39 Å². The highest BCUT2D eigenvalue weighted by Gasteiger charge is 2.12.